The summed E-state index contributed by atoms with van der Waals surface area (Å²) in [7, 11) is 0. The van der Waals surface area contributed by atoms with Gasteiger partial charge in [0.05, 0.1) is 6.10 Å². The Morgan fingerprint density at radius 3 is 2.50 bits per heavy atom. The SMILES string of the molecule is CC1(C)[C@@H]2C[C@@H](O)[C@H](CN)C[C@@H]21. The quantitative estimate of drug-likeness (QED) is 0.615. The van der Waals surface area contributed by atoms with Crippen molar-refractivity contribution in [2.24, 2.45) is 28.9 Å². The van der Waals surface area contributed by atoms with Crippen LogP contribution in [-0.4, -0.2) is 17.8 Å². The Kier molecular flexibility index (Phi) is 1.74. The molecule has 2 saturated carbocycles. The fraction of sp³-hybridized carbons (Fsp3) is 1.00. The topological polar surface area (TPSA) is 46.2 Å². The fourth-order valence-electron chi connectivity index (χ4n) is 2.98. The van der Waals surface area contributed by atoms with E-state index in [1.54, 1.807) is 0 Å². The first-order valence-electron chi connectivity index (χ1n) is 4.95. The summed E-state index contributed by atoms with van der Waals surface area (Å²) in [6.07, 6.45) is 2.01. The highest BCUT2D eigenvalue weighted by atomic mass is 16.3. The zero-order chi connectivity index (χ0) is 8.93. The van der Waals surface area contributed by atoms with Crippen LogP contribution in [0.2, 0.25) is 0 Å². The Balaban J connectivity index is 2.03. The summed E-state index contributed by atoms with van der Waals surface area (Å²) < 4.78 is 0. The molecule has 2 fully saturated rings. The van der Waals surface area contributed by atoms with E-state index < -0.39 is 0 Å². The summed E-state index contributed by atoms with van der Waals surface area (Å²) in [5.74, 6) is 1.98. The molecule has 2 aliphatic carbocycles. The van der Waals surface area contributed by atoms with Crippen molar-refractivity contribution in [3.05, 3.63) is 0 Å². The maximum absolute atomic E-state index is 9.72. The molecule has 0 radical (unpaired) electrons. The molecule has 2 nitrogen and oxygen atoms in total. The van der Waals surface area contributed by atoms with Gasteiger partial charge in [0.25, 0.3) is 0 Å². The largest absolute Gasteiger partial charge is 0.393 e. The number of nitrogens with two attached hydrogens (primary N) is 1. The van der Waals surface area contributed by atoms with E-state index in [0.29, 0.717) is 17.9 Å². The lowest BCUT2D eigenvalue weighted by Crippen LogP contribution is -2.31. The minimum Gasteiger partial charge on any atom is -0.393 e. The van der Waals surface area contributed by atoms with Crippen LogP contribution < -0.4 is 5.73 Å². The third-order valence-electron chi connectivity index (χ3n) is 4.19. The number of fused-ring (bicyclic) bond motifs is 1. The molecule has 0 saturated heterocycles. The first-order valence-corrected chi connectivity index (χ1v) is 4.95. The zero-order valence-electron chi connectivity index (χ0n) is 7.96. The number of hydrogen-bond donors (Lipinski definition) is 2. The van der Waals surface area contributed by atoms with Crippen molar-refractivity contribution in [1.82, 2.24) is 0 Å². The molecule has 2 aliphatic rings. The predicted molar refractivity (Wildman–Crippen MR) is 48.5 cm³/mol. The van der Waals surface area contributed by atoms with Gasteiger partial charge in [-0.1, -0.05) is 13.8 Å². The number of aliphatic hydroxyl groups excluding tert-OH is 1. The van der Waals surface area contributed by atoms with Gasteiger partial charge < -0.3 is 10.8 Å². The van der Waals surface area contributed by atoms with Crippen LogP contribution in [0.4, 0.5) is 0 Å². The lowest BCUT2D eigenvalue weighted by Gasteiger charge is -2.25. The molecule has 0 bridgehead atoms. The molecule has 0 amide bonds. The van der Waals surface area contributed by atoms with E-state index in [0.717, 1.165) is 24.7 Å². The number of aliphatic hydroxyl groups is 1. The van der Waals surface area contributed by atoms with Crippen LogP contribution in [0.1, 0.15) is 26.7 Å². The Bertz CT molecular complexity index is 190. The molecule has 0 aliphatic heterocycles. The van der Waals surface area contributed by atoms with Crippen molar-refractivity contribution in [3.63, 3.8) is 0 Å². The van der Waals surface area contributed by atoms with E-state index in [1.165, 1.54) is 0 Å². The lowest BCUT2D eigenvalue weighted by atomic mass is 9.87. The Morgan fingerprint density at radius 1 is 1.33 bits per heavy atom. The van der Waals surface area contributed by atoms with Gasteiger partial charge in [0, 0.05) is 0 Å². The van der Waals surface area contributed by atoms with E-state index >= 15 is 0 Å². The second-order valence-corrected chi connectivity index (χ2v) is 5.07. The fourth-order valence-corrected chi connectivity index (χ4v) is 2.98. The minimum atomic E-state index is -0.127. The highest BCUT2D eigenvalue weighted by Gasteiger charge is 2.60. The summed E-state index contributed by atoms with van der Waals surface area (Å²) in [4.78, 5) is 0. The summed E-state index contributed by atoms with van der Waals surface area (Å²) in [6.45, 7) is 5.28. The van der Waals surface area contributed by atoms with Crippen LogP contribution >= 0.6 is 0 Å². The Hall–Kier alpha value is -0.0800. The first kappa shape index (κ1) is 8.52. The highest BCUT2D eigenvalue weighted by Crippen LogP contribution is 2.65. The molecule has 2 rings (SSSR count). The molecular formula is C10H19NO. The molecule has 0 aromatic carbocycles. The molecule has 12 heavy (non-hydrogen) atoms. The molecule has 0 spiro atoms. The number of rotatable bonds is 1. The molecular weight excluding hydrogens is 150 g/mol. The maximum Gasteiger partial charge on any atom is 0.0583 e. The van der Waals surface area contributed by atoms with Gasteiger partial charge in [0.15, 0.2) is 0 Å². The summed E-state index contributed by atoms with van der Waals surface area (Å²) >= 11 is 0. The van der Waals surface area contributed by atoms with Crippen LogP contribution in [0, 0.1) is 23.2 Å². The predicted octanol–water partition coefficient (Wildman–Crippen LogP) is 0.988. The first-order chi connectivity index (χ1) is 5.57. The molecule has 70 valence electrons. The highest BCUT2D eigenvalue weighted by molar-refractivity contribution is 5.09. The Morgan fingerprint density at radius 2 is 1.92 bits per heavy atom. The monoisotopic (exact) mass is 169 g/mol. The average Bonchev–Trinajstić information content (AvgIpc) is 2.52. The van der Waals surface area contributed by atoms with Crippen LogP contribution in [0.5, 0.6) is 0 Å². The smallest absolute Gasteiger partial charge is 0.0583 e. The van der Waals surface area contributed by atoms with Crippen molar-refractivity contribution >= 4 is 0 Å². The van der Waals surface area contributed by atoms with Crippen molar-refractivity contribution in [2.45, 2.75) is 32.8 Å². The van der Waals surface area contributed by atoms with Crippen molar-refractivity contribution in [3.8, 4) is 0 Å². The minimum absolute atomic E-state index is 0.127. The van der Waals surface area contributed by atoms with E-state index in [-0.39, 0.29) is 6.10 Å². The second kappa shape index (κ2) is 2.46. The molecule has 0 unspecified atom stereocenters. The van der Waals surface area contributed by atoms with E-state index in [4.69, 9.17) is 5.73 Å². The zero-order valence-corrected chi connectivity index (χ0v) is 7.96. The van der Waals surface area contributed by atoms with E-state index in [9.17, 15) is 5.11 Å². The maximum atomic E-state index is 9.72. The van der Waals surface area contributed by atoms with Gasteiger partial charge >= 0.3 is 0 Å². The van der Waals surface area contributed by atoms with Gasteiger partial charge in [-0.15, -0.1) is 0 Å². The van der Waals surface area contributed by atoms with Gasteiger partial charge in [-0.3, -0.25) is 0 Å². The van der Waals surface area contributed by atoms with Crippen LogP contribution in [0.25, 0.3) is 0 Å². The normalized spacial score (nSPS) is 50.0. The average molecular weight is 169 g/mol. The van der Waals surface area contributed by atoms with Gasteiger partial charge in [-0.05, 0) is 42.6 Å². The number of hydrogen-bond acceptors (Lipinski definition) is 2. The van der Waals surface area contributed by atoms with Crippen molar-refractivity contribution in [2.75, 3.05) is 6.54 Å². The van der Waals surface area contributed by atoms with Crippen molar-refractivity contribution < 1.29 is 5.11 Å². The van der Waals surface area contributed by atoms with Crippen LogP contribution in [0.3, 0.4) is 0 Å². The summed E-state index contributed by atoms with van der Waals surface area (Å²) in [5, 5.41) is 9.72. The third-order valence-corrected chi connectivity index (χ3v) is 4.19. The van der Waals surface area contributed by atoms with Gasteiger partial charge in [-0.25, -0.2) is 0 Å². The van der Waals surface area contributed by atoms with E-state index in [1.807, 2.05) is 0 Å². The van der Waals surface area contributed by atoms with Gasteiger partial charge in [0.2, 0.25) is 0 Å². The van der Waals surface area contributed by atoms with E-state index in [2.05, 4.69) is 13.8 Å². The lowest BCUT2D eigenvalue weighted by molar-refractivity contribution is 0.0695. The van der Waals surface area contributed by atoms with Gasteiger partial charge in [0.1, 0.15) is 0 Å². The van der Waals surface area contributed by atoms with Crippen LogP contribution in [-0.2, 0) is 0 Å². The molecule has 3 N–H and O–H groups in total. The summed E-state index contributed by atoms with van der Waals surface area (Å²) in [6, 6.07) is 0. The van der Waals surface area contributed by atoms with Crippen molar-refractivity contribution in [1.29, 1.82) is 0 Å². The van der Waals surface area contributed by atoms with Gasteiger partial charge in [-0.2, -0.15) is 0 Å². The molecule has 0 heterocycles. The summed E-state index contributed by atoms with van der Waals surface area (Å²) in [5.41, 5.74) is 6.09. The third kappa shape index (κ3) is 1.01. The standard InChI is InChI=1S/C10H19NO/c1-10(2)7-3-6(5-11)9(12)4-8(7)10/h6-9,12H,3-5,11H2,1-2H3/t6-,7-,8+,9+/m0/s1. The molecule has 4 atom stereocenters. The molecule has 2 heteroatoms. The Labute approximate surface area is 74.1 Å². The van der Waals surface area contributed by atoms with Crippen LogP contribution in [0.15, 0.2) is 0 Å². The second-order valence-electron chi connectivity index (χ2n) is 5.07. The molecule has 0 aromatic heterocycles. The molecule has 0 aromatic rings.